The molecule has 3 heteroatoms. The predicted molar refractivity (Wildman–Crippen MR) is 97.1 cm³/mol. The van der Waals surface area contributed by atoms with Gasteiger partial charge in [0.25, 0.3) is 0 Å². The minimum Gasteiger partial charge on any atom is -0.326 e. The van der Waals surface area contributed by atoms with Crippen molar-refractivity contribution in [2.45, 2.75) is 37.8 Å². The molecule has 0 aliphatic heterocycles. The number of aliphatic imine (C=N–C) groups is 1. The van der Waals surface area contributed by atoms with E-state index in [0.29, 0.717) is 0 Å². The molecule has 2 N–H and O–H groups in total. The number of hydrogen-bond donors (Lipinski definition) is 1. The number of aromatic nitrogens is 1. The molecule has 0 bridgehead atoms. The van der Waals surface area contributed by atoms with Gasteiger partial charge in [0.15, 0.2) is 0 Å². The van der Waals surface area contributed by atoms with E-state index >= 15 is 0 Å². The van der Waals surface area contributed by atoms with E-state index in [9.17, 15) is 0 Å². The maximum absolute atomic E-state index is 6.17. The summed E-state index contributed by atoms with van der Waals surface area (Å²) >= 11 is 0. The molecule has 23 heavy (non-hydrogen) atoms. The van der Waals surface area contributed by atoms with E-state index < -0.39 is 0 Å². The van der Waals surface area contributed by atoms with Gasteiger partial charge in [0.2, 0.25) is 0 Å². The second-order valence-corrected chi connectivity index (χ2v) is 6.39. The highest BCUT2D eigenvalue weighted by Gasteiger charge is 2.20. The average Bonchev–Trinajstić information content (AvgIpc) is 2.61. The van der Waals surface area contributed by atoms with E-state index in [4.69, 9.17) is 15.7 Å². The predicted octanol–water partition coefficient (Wildman–Crippen LogP) is 4.08. The van der Waals surface area contributed by atoms with E-state index in [1.54, 1.807) is 0 Å². The third-order valence-corrected chi connectivity index (χ3v) is 4.79. The summed E-state index contributed by atoms with van der Waals surface area (Å²) < 4.78 is 0. The first-order valence-electron chi connectivity index (χ1n) is 8.38. The van der Waals surface area contributed by atoms with E-state index in [0.717, 1.165) is 29.4 Å². The molecule has 0 radical (unpaired) electrons. The van der Waals surface area contributed by atoms with Gasteiger partial charge in [-0.3, -0.25) is 4.99 Å². The van der Waals surface area contributed by atoms with Gasteiger partial charge in [-0.25, -0.2) is 4.98 Å². The van der Waals surface area contributed by atoms with Crippen LogP contribution in [0.25, 0.3) is 21.7 Å². The third kappa shape index (κ3) is 2.84. The first-order valence-corrected chi connectivity index (χ1v) is 8.38. The molecule has 4 rings (SSSR count). The molecular formula is C20H21N3. The topological polar surface area (TPSA) is 51.3 Å². The summed E-state index contributed by atoms with van der Waals surface area (Å²) in [6.45, 7) is 0. The summed E-state index contributed by atoms with van der Waals surface area (Å²) in [5, 5.41) is 3.57. The SMILES string of the molecule is N[C@@H]1CCCC[C@H]1N=Cc1ccc2ccc3ccccc3c2n1. The zero-order valence-corrected chi connectivity index (χ0v) is 13.2. The first kappa shape index (κ1) is 14.3. The van der Waals surface area contributed by atoms with Gasteiger partial charge in [-0.05, 0) is 24.3 Å². The standard InChI is InChI=1S/C20H21N3/c21-18-7-3-4-8-19(18)22-13-16-12-11-15-10-9-14-5-1-2-6-17(14)20(15)23-16/h1-2,5-6,9-13,18-19H,3-4,7-8,21H2/t18-,19-/m1/s1. The minimum absolute atomic E-state index is 0.196. The van der Waals surface area contributed by atoms with Crippen molar-refractivity contribution in [3.63, 3.8) is 0 Å². The van der Waals surface area contributed by atoms with Crippen LogP contribution in [-0.2, 0) is 0 Å². The number of benzene rings is 2. The quantitative estimate of drug-likeness (QED) is 0.573. The van der Waals surface area contributed by atoms with Crippen LogP contribution < -0.4 is 5.73 Å². The number of nitrogens with zero attached hydrogens (tertiary/aromatic N) is 2. The fraction of sp³-hybridized carbons (Fsp3) is 0.300. The third-order valence-electron chi connectivity index (χ3n) is 4.79. The van der Waals surface area contributed by atoms with Crippen molar-refractivity contribution in [3.8, 4) is 0 Å². The maximum atomic E-state index is 6.17. The molecule has 3 nitrogen and oxygen atoms in total. The Hall–Kier alpha value is -2.26. The molecule has 116 valence electrons. The number of hydrogen-bond acceptors (Lipinski definition) is 3. The second-order valence-electron chi connectivity index (χ2n) is 6.39. The normalized spacial score (nSPS) is 22.1. The highest BCUT2D eigenvalue weighted by atomic mass is 14.9. The highest BCUT2D eigenvalue weighted by Crippen LogP contribution is 2.24. The molecule has 3 aromatic rings. The first-order chi connectivity index (χ1) is 11.3. The van der Waals surface area contributed by atoms with Gasteiger partial charge in [0.1, 0.15) is 0 Å². The fourth-order valence-corrected chi connectivity index (χ4v) is 3.44. The number of fused-ring (bicyclic) bond motifs is 3. The molecule has 1 fully saturated rings. The molecule has 1 heterocycles. The summed E-state index contributed by atoms with van der Waals surface area (Å²) in [7, 11) is 0. The zero-order chi connectivity index (χ0) is 15.6. The van der Waals surface area contributed by atoms with Crippen LogP contribution >= 0.6 is 0 Å². The Morgan fingerprint density at radius 3 is 2.65 bits per heavy atom. The smallest absolute Gasteiger partial charge is 0.0815 e. The number of pyridine rings is 1. The summed E-state index contributed by atoms with van der Waals surface area (Å²) in [4.78, 5) is 9.53. The summed E-state index contributed by atoms with van der Waals surface area (Å²) in [5.41, 5.74) is 8.12. The molecule has 2 atom stereocenters. The second kappa shape index (κ2) is 6.09. The van der Waals surface area contributed by atoms with Crippen LogP contribution in [0.15, 0.2) is 53.5 Å². The van der Waals surface area contributed by atoms with Crippen molar-refractivity contribution in [2.75, 3.05) is 0 Å². The lowest BCUT2D eigenvalue weighted by atomic mass is 9.91. The Balaban J connectivity index is 1.72. The Kier molecular flexibility index (Phi) is 3.80. The van der Waals surface area contributed by atoms with E-state index in [2.05, 4.69) is 42.5 Å². The van der Waals surface area contributed by atoms with Crippen molar-refractivity contribution in [2.24, 2.45) is 10.7 Å². The van der Waals surface area contributed by atoms with Gasteiger partial charge >= 0.3 is 0 Å². The van der Waals surface area contributed by atoms with Gasteiger partial charge in [-0.15, -0.1) is 0 Å². The molecule has 0 spiro atoms. The Labute approximate surface area is 136 Å². The monoisotopic (exact) mass is 303 g/mol. The number of rotatable bonds is 2. The largest absolute Gasteiger partial charge is 0.326 e. The van der Waals surface area contributed by atoms with Crippen LogP contribution in [0.5, 0.6) is 0 Å². The van der Waals surface area contributed by atoms with Gasteiger partial charge in [0, 0.05) is 23.0 Å². The molecule has 0 unspecified atom stereocenters. The molecule has 0 amide bonds. The van der Waals surface area contributed by atoms with E-state index in [1.807, 2.05) is 12.3 Å². The van der Waals surface area contributed by atoms with Gasteiger partial charge in [0.05, 0.1) is 17.3 Å². The molecule has 1 aliphatic carbocycles. The van der Waals surface area contributed by atoms with Crippen molar-refractivity contribution in [3.05, 3.63) is 54.2 Å². The maximum Gasteiger partial charge on any atom is 0.0815 e. The van der Waals surface area contributed by atoms with E-state index in [-0.39, 0.29) is 12.1 Å². The highest BCUT2D eigenvalue weighted by molar-refractivity contribution is 6.05. The van der Waals surface area contributed by atoms with Crippen LogP contribution in [-0.4, -0.2) is 23.3 Å². The summed E-state index contributed by atoms with van der Waals surface area (Å²) in [6, 6.07) is 17.2. The lowest BCUT2D eigenvalue weighted by Crippen LogP contribution is -2.36. The van der Waals surface area contributed by atoms with Crippen molar-refractivity contribution < 1.29 is 0 Å². The van der Waals surface area contributed by atoms with Crippen LogP contribution in [0.1, 0.15) is 31.4 Å². The van der Waals surface area contributed by atoms with Crippen LogP contribution in [0, 0.1) is 0 Å². The summed E-state index contributed by atoms with van der Waals surface area (Å²) in [5.74, 6) is 0. The minimum atomic E-state index is 0.196. The van der Waals surface area contributed by atoms with Crippen molar-refractivity contribution >= 4 is 27.9 Å². The average molecular weight is 303 g/mol. The lowest BCUT2D eigenvalue weighted by molar-refractivity contribution is 0.387. The van der Waals surface area contributed by atoms with Crippen LogP contribution in [0.2, 0.25) is 0 Å². The number of nitrogens with two attached hydrogens (primary N) is 1. The van der Waals surface area contributed by atoms with Crippen molar-refractivity contribution in [1.82, 2.24) is 4.98 Å². The Morgan fingerprint density at radius 1 is 0.957 bits per heavy atom. The molecule has 1 aromatic heterocycles. The Bertz CT molecular complexity index is 869. The lowest BCUT2D eigenvalue weighted by Gasteiger charge is -2.24. The fourth-order valence-electron chi connectivity index (χ4n) is 3.44. The van der Waals surface area contributed by atoms with Gasteiger partial charge in [-0.1, -0.05) is 55.3 Å². The van der Waals surface area contributed by atoms with Crippen molar-refractivity contribution in [1.29, 1.82) is 0 Å². The van der Waals surface area contributed by atoms with E-state index in [1.165, 1.54) is 23.6 Å². The molecule has 1 saturated carbocycles. The molecular weight excluding hydrogens is 282 g/mol. The molecule has 1 aliphatic rings. The van der Waals surface area contributed by atoms with Crippen LogP contribution in [0.3, 0.4) is 0 Å². The Morgan fingerprint density at radius 2 is 1.74 bits per heavy atom. The molecule has 2 aromatic carbocycles. The zero-order valence-electron chi connectivity index (χ0n) is 13.2. The van der Waals surface area contributed by atoms with Gasteiger partial charge < -0.3 is 5.73 Å². The summed E-state index contributed by atoms with van der Waals surface area (Å²) in [6.07, 6.45) is 6.53. The molecule has 0 saturated heterocycles. The van der Waals surface area contributed by atoms with Crippen LogP contribution in [0.4, 0.5) is 0 Å². The van der Waals surface area contributed by atoms with Gasteiger partial charge in [-0.2, -0.15) is 0 Å².